The second-order valence-electron chi connectivity index (χ2n) is 4.43. The van der Waals surface area contributed by atoms with Gasteiger partial charge in [-0.3, -0.25) is 0 Å². The van der Waals surface area contributed by atoms with E-state index < -0.39 is 12.2 Å². The maximum absolute atomic E-state index is 13.9. The van der Waals surface area contributed by atoms with Crippen LogP contribution in [0.1, 0.15) is 5.56 Å². The van der Waals surface area contributed by atoms with Gasteiger partial charge in [0.2, 0.25) is 0 Å². The minimum Gasteiger partial charge on any atom is -0.497 e. The Bertz CT molecular complexity index is 651. The van der Waals surface area contributed by atoms with Crippen LogP contribution in [0.4, 0.5) is 17.6 Å². The topological polar surface area (TPSA) is 18.5 Å². The van der Waals surface area contributed by atoms with Gasteiger partial charge in [0.15, 0.2) is 0 Å². The number of alkyl halides is 3. The summed E-state index contributed by atoms with van der Waals surface area (Å²) in [7, 11) is 1.42. The molecular formula is C15H12F4O2. The molecule has 0 aliphatic rings. The Morgan fingerprint density at radius 3 is 2.29 bits per heavy atom. The molecule has 2 rings (SSSR count). The molecule has 0 fully saturated rings. The van der Waals surface area contributed by atoms with Crippen LogP contribution in [0, 0.1) is 12.7 Å². The second kappa shape index (κ2) is 5.63. The fraction of sp³-hybridized carbons (Fsp3) is 0.200. The van der Waals surface area contributed by atoms with Gasteiger partial charge >= 0.3 is 6.36 Å². The van der Waals surface area contributed by atoms with Crippen molar-refractivity contribution in [3.63, 3.8) is 0 Å². The van der Waals surface area contributed by atoms with Crippen molar-refractivity contribution in [3.8, 4) is 22.6 Å². The normalized spacial score (nSPS) is 11.3. The molecule has 0 aliphatic heterocycles. The number of rotatable bonds is 3. The molecular weight excluding hydrogens is 288 g/mol. The zero-order valence-corrected chi connectivity index (χ0v) is 11.3. The predicted octanol–water partition coefficient (Wildman–Crippen LogP) is 4.71. The monoisotopic (exact) mass is 300 g/mol. The summed E-state index contributed by atoms with van der Waals surface area (Å²) >= 11 is 0. The van der Waals surface area contributed by atoms with Crippen LogP contribution in [0.15, 0.2) is 36.4 Å². The Balaban J connectivity index is 2.49. The number of ether oxygens (including phenoxy) is 2. The van der Waals surface area contributed by atoms with E-state index in [0.717, 1.165) is 6.07 Å². The van der Waals surface area contributed by atoms with Gasteiger partial charge in [0.05, 0.1) is 7.11 Å². The molecule has 0 amide bonds. The molecule has 0 saturated heterocycles. The lowest BCUT2D eigenvalue weighted by atomic mass is 10.0. The van der Waals surface area contributed by atoms with Crippen LogP contribution >= 0.6 is 0 Å². The molecule has 0 spiro atoms. The summed E-state index contributed by atoms with van der Waals surface area (Å²) in [4.78, 5) is 0. The van der Waals surface area contributed by atoms with Gasteiger partial charge in [0.1, 0.15) is 17.3 Å². The Hall–Kier alpha value is -2.24. The molecule has 2 aromatic carbocycles. The lowest BCUT2D eigenvalue weighted by molar-refractivity contribution is -0.274. The lowest BCUT2D eigenvalue weighted by Crippen LogP contribution is -2.17. The SMILES string of the molecule is COc1ccc(F)c(-c2cc(C)cc(OC(F)(F)F)c2)c1. The Kier molecular flexibility index (Phi) is 4.06. The van der Waals surface area contributed by atoms with Gasteiger partial charge in [-0.15, -0.1) is 13.2 Å². The highest BCUT2D eigenvalue weighted by atomic mass is 19.4. The van der Waals surface area contributed by atoms with E-state index in [9.17, 15) is 17.6 Å². The van der Waals surface area contributed by atoms with Crippen LogP contribution in [-0.4, -0.2) is 13.5 Å². The number of hydrogen-bond donors (Lipinski definition) is 0. The maximum atomic E-state index is 13.9. The average Bonchev–Trinajstić information content (AvgIpc) is 2.36. The van der Waals surface area contributed by atoms with Gasteiger partial charge in [-0.1, -0.05) is 6.07 Å². The van der Waals surface area contributed by atoms with Crippen LogP contribution in [0.25, 0.3) is 11.1 Å². The summed E-state index contributed by atoms with van der Waals surface area (Å²) in [6.07, 6.45) is -4.79. The van der Waals surface area contributed by atoms with E-state index in [-0.39, 0.29) is 16.9 Å². The molecule has 112 valence electrons. The van der Waals surface area contributed by atoms with Gasteiger partial charge in [-0.2, -0.15) is 0 Å². The molecule has 0 saturated carbocycles. The molecule has 0 bridgehead atoms. The molecule has 0 N–H and O–H groups in total. The molecule has 0 atom stereocenters. The highest BCUT2D eigenvalue weighted by Gasteiger charge is 2.31. The second-order valence-corrected chi connectivity index (χ2v) is 4.43. The molecule has 21 heavy (non-hydrogen) atoms. The van der Waals surface area contributed by atoms with Crippen molar-refractivity contribution in [2.24, 2.45) is 0 Å². The van der Waals surface area contributed by atoms with E-state index in [0.29, 0.717) is 11.3 Å². The van der Waals surface area contributed by atoms with E-state index in [1.807, 2.05) is 0 Å². The standard InChI is InChI=1S/C15H12F4O2/c1-9-5-10(7-12(6-9)21-15(17,18)19)13-8-11(20-2)3-4-14(13)16/h3-8H,1-2H3. The molecule has 0 radical (unpaired) electrons. The van der Waals surface area contributed by atoms with E-state index >= 15 is 0 Å². The molecule has 6 heteroatoms. The third kappa shape index (κ3) is 3.87. The molecule has 0 heterocycles. The molecule has 0 aromatic heterocycles. The summed E-state index contributed by atoms with van der Waals surface area (Å²) in [6, 6.07) is 7.98. The van der Waals surface area contributed by atoms with Gasteiger partial charge < -0.3 is 9.47 Å². The van der Waals surface area contributed by atoms with E-state index in [1.165, 1.54) is 31.4 Å². The van der Waals surface area contributed by atoms with Gasteiger partial charge in [0, 0.05) is 5.56 Å². The number of benzene rings is 2. The minimum absolute atomic E-state index is 0.144. The highest BCUT2D eigenvalue weighted by molar-refractivity contribution is 5.68. The number of halogens is 4. The zero-order chi connectivity index (χ0) is 15.6. The first-order valence-corrected chi connectivity index (χ1v) is 6.00. The Labute approximate surface area is 118 Å². The molecule has 0 unspecified atom stereocenters. The number of methoxy groups -OCH3 is 1. The van der Waals surface area contributed by atoms with E-state index in [4.69, 9.17) is 4.74 Å². The summed E-state index contributed by atoms with van der Waals surface area (Å²) < 4.78 is 59.6. The van der Waals surface area contributed by atoms with Crippen LogP contribution in [0.2, 0.25) is 0 Å². The predicted molar refractivity (Wildman–Crippen MR) is 69.8 cm³/mol. The van der Waals surface area contributed by atoms with Gasteiger partial charge in [0.25, 0.3) is 0 Å². The zero-order valence-electron chi connectivity index (χ0n) is 11.3. The van der Waals surface area contributed by atoms with Crippen LogP contribution in [0.5, 0.6) is 11.5 Å². The van der Waals surface area contributed by atoms with Crippen LogP contribution in [0.3, 0.4) is 0 Å². The van der Waals surface area contributed by atoms with Crippen molar-refractivity contribution < 1.29 is 27.0 Å². The number of aryl methyl sites for hydroxylation is 1. The van der Waals surface area contributed by atoms with Crippen LogP contribution < -0.4 is 9.47 Å². The van der Waals surface area contributed by atoms with Gasteiger partial charge in [-0.25, -0.2) is 4.39 Å². The van der Waals surface area contributed by atoms with Crippen molar-refractivity contribution in [2.45, 2.75) is 13.3 Å². The summed E-state index contributed by atoms with van der Waals surface area (Å²) in [5, 5.41) is 0. The first kappa shape index (κ1) is 15.2. The van der Waals surface area contributed by atoms with Gasteiger partial charge in [-0.05, 0) is 48.4 Å². The fourth-order valence-electron chi connectivity index (χ4n) is 1.95. The molecule has 2 nitrogen and oxygen atoms in total. The first-order chi connectivity index (χ1) is 9.78. The summed E-state index contributed by atoms with van der Waals surface area (Å²) in [5.74, 6) is -0.537. The maximum Gasteiger partial charge on any atom is 0.573 e. The highest BCUT2D eigenvalue weighted by Crippen LogP contribution is 2.32. The Morgan fingerprint density at radius 2 is 1.67 bits per heavy atom. The summed E-state index contributed by atoms with van der Waals surface area (Å²) in [5.41, 5.74) is 0.949. The Morgan fingerprint density at radius 1 is 0.952 bits per heavy atom. The third-order valence-electron chi connectivity index (χ3n) is 2.77. The van der Waals surface area contributed by atoms with E-state index in [2.05, 4.69) is 4.74 Å². The largest absolute Gasteiger partial charge is 0.573 e. The fourth-order valence-corrected chi connectivity index (χ4v) is 1.95. The smallest absolute Gasteiger partial charge is 0.497 e. The lowest BCUT2D eigenvalue weighted by Gasteiger charge is -2.12. The first-order valence-electron chi connectivity index (χ1n) is 6.00. The van der Waals surface area contributed by atoms with Crippen molar-refractivity contribution >= 4 is 0 Å². The minimum atomic E-state index is -4.79. The van der Waals surface area contributed by atoms with Crippen molar-refractivity contribution in [1.82, 2.24) is 0 Å². The van der Waals surface area contributed by atoms with E-state index in [1.54, 1.807) is 13.0 Å². The third-order valence-corrected chi connectivity index (χ3v) is 2.77. The van der Waals surface area contributed by atoms with Crippen molar-refractivity contribution in [2.75, 3.05) is 7.11 Å². The van der Waals surface area contributed by atoms with Crippen LogP contribution in [-0.2, 0) is 0 Å². The molecule has 2 aromatic rings. The number of hydrogen-bond acceptors (Lipinski definition) is 2. The molecule has 0 aliphatic carbocycles. The quantitative estimate of drug-likeness (QED) is 0.764. The summed E-state index contributed by atoms with van der Waals surface area (Å²) in [6.45, 7) is 1.60. The van der Waals surface area contributed by atoms with Crippen molar-refractivity contribution in [3.05, 3.63) is 47.8 Å². The van der Waals surface area contributed by atoms with Crippen molar-refractivity contribution in [1.29, 1.82) is 0 Å². The average molecular weight is 300 g/mol.